The number of hydrogen-bond acceptors (Lipinski definition) is 8. The summed E-state index contributed by atoms with van der Waals surface area (Å²) in [7, 11) is 0. The molecule has 0 aliphatic carbocycles. The largest absolute Gasteiger partial charge is 0.443 e. The van der Waals surface area contributed by atoms with Crippen molar-refractivity contribution in [2.75, 3.05) is 11.1 Å². The summed E-state index contributed by atoms with van der Waals surface area (Å²) in [5.74, 6) is -0.486. The van der Waals surface area contributed by atoms with Crippen molar-refractivity contribution in [1.82, 2.24) is 20.3 Å². The molecule has 4 rings (SSSR count). The zero-order valence-corrected chi connectivity index (χ0v) is 17.8. The molecule has 9 nitrogen and oxygen atoms in total. The molecule has 2 heterocycles. The molecule has 0 aliphatic heterocycles. The molecule has 0 aliphatic rings. The van der Waals surface area contributed by atoms with E-state index in [1.807, 2.05) is 0 Å². The molecular formula is C24H20FN7O2. The Balaban J connectivity index is 1.52. The number of rotatable bonds is 8. The molecule has 2 aromatic heterocycles. The first-order valence-electron chi connectivity index (χ1n) is 10.2. The van der Waals surface area contributed by atoms with E-state index in [-0.39, 0.29) is 47.2 Å². The lowest BCUT2D eigenvalue weighted by molar-refractivity contribution is 0.102. The van der Waals surface area contributed by atoms with Crippen LogP contribution in [0.1, 0.15) is 27.6 Å². The molecule has 0 spiro atoms. The first kappa shape index (κ1) is 22.3. The van der Waals surface area contributed by atoms with Crippen molar-refractivity contribution in [2.45, 2.75) is 6.54 Å². The van der Waals surface area contributed by atoms with Crippen LogP contribution in [0.3, 0.4) is 0 Å². The van der Waals surface area contributed by atoms with Crippen LogP contribution in [0.4, 0.5) is 15.9 Å². The highest BCUT2D eigenvalue weighted by Gasteiger charge is 2.14. The Kier molecular flexibility index (Phi) is 6.68. The van der Waals surface area contributed by atoms with Crippen LogP contribution in [0.25, 0.3) is 5.70 Å². The van der Waals surface area contributed by atoms with Gasteiger partial charge < -0.3 is 20.8 Å². The smallest absolute Gasteiger partial charge is 0.255 e. The van der Waals surface area contributed by atoms with Crippen LogP contribution in [0, 0.1) is 11.2 Å². The molecule has 0 bridgehead atoms. The lowest BCUT2D eigenvalue weighted by Gasteiger charge is -2.10. The summed E-state index contributed by atoms with van der Waals surface area (Å²) < 4.78 is 19.3. The van der Waals surface area contributed by atoms with Crippen molar-refractivity contribution in [3.63, 3.8) is 0 Å². The molecule has 10 heteroatoms. The SMILES string of the molecule is N=C(/C=C(\NCc1ccccc1F)c1ncco1)c1ncc(NC(=O)c2ccccc2)c(N)n1. The fourth-order valence-electron chi connectivity index (χ4n) is 2.99. The quantitative estimate of drug-likeness (QED) is 0.296. The number of halogens is 1. The van der Waals surface area contributed by atoms with E-state index in [1.54, 1.807) is 48.5 Å². The fraction of sp³-hybridized carbons (Fsp3) is 0.0417. The van der Waals surface area contributed by atoms with Crippen LogP contribution in [0.5, 0.6) is 0 Å². The number of nitrogens with one attached hydrogen (secondary N) is 3. The summed E-state index contributed by atoms with van der Waals surface area (Å²) in [6, 6.07) is 15.0. The summed E-state index contributed by atoms with van der Waals surface area (Å²) in [6.45, 7) is 0.140. The van der Waals surface area contributed by atoms with E-state index in [4.69, 9.17) is 15.6 Å². The van der Waals surface area contributed by atoms with Gasteiger partial charge in [-0.05, 0) is 24.3 Å². The van der Waals surface area contributed by atoms with Gasteiger partial charge in [0.1, 0.15) is 29.2 Å². The van der Waals surface area contributed by atoms with E-state index in [1.165, 1.54) is 30.8 Å². The van der Waals surface area contributed by atoms with Gasteiger partial charge in [-0.15, -0.1) is 0 Å². The minimum absolute atomic E-state index is 0.00409. The van der Waals surface area contributed by atoms with Crippen LogP contribution < -0.4 is 16.4 Å². The third-order valence-electron chi connectivity index (χ3n) is 4.72. The maximum atomic E-state index is 14.0. The lowest BCUT2D eigenvalue weighted by Crippen LogP contribution is -2.17. The van der Waals surface area contributed by atoms with E-state index < -0.39 is 0 Å². The number of oxazole rings is 1. The molecule has 1 amide bonds. The predicted octanol–water partition coefficient (Wildman–Crippen LogP) is 3.64. The predicted molar refractivity (Wildman–Crippen MR) is 125 cm³/mol. The normalized spacial score (nSPS) is 11.1. The Morgan fingerprint density at radius 3 is 2.59 bits per heavy atom. The van der Waals surface area contributed by atoms with E-state index in [0.717, 1.165) is 0 Å². The first-order chi connectivity index (χ1) is 16.5. The van der Waals surface area contributed by atoms with Crippen LogP contribution in [0.2, 0.25) is 0 Å². The lowest BCUT2D eigenvalue weighted by atomic mass is 10.2. The number of anilines is 2. The Morgan fingerprint density at radius 1 is 1.12 bits per heavy atom. The Morgan fingerprint density at radius 2 is 1.88 bits per heavy atom. The highest BCUT2D eigenvalue weighted by atomic mass is 19.1. The number of carbonyl (C=O) groups is 1. The molecule has 4 aromatic rings. The fourth-order valence-corrected chi connectivity index (χ4v) is 2.99. The number of carbonyl (C=O) groups excluding carboxylic acids is 1. The molecular weight excluding hydrogens is 437 g/mol. The van der Waals surface area contributed by atoms with Gasteiger partial charge in [0, 0.05) is 17.7 Å². The molecule has 0 unspecified atom stereocenters. The molecule has 0 saturated heterocycles. The Hall–Kier alpha value is -4.86. The highest BCUT2D eigenvalue weighted by molar-refractivity contribution is 6.08. The number of hydrogen-bond donors (Lipinski definition) is 4. The minimum Gasteiger partial charge on any atom is -0.443 e. The molecule has 2 aromatic carbocycles. The van der Waals surface area contributed by atoms with Gasteiger partial charge in [-0.2, -0.15) is 0 Å². The number of benzene rings is 2. The second kappa shape index (κ2) is 10.2. The first-order valence-corrected chi connectivity index (χ1v) is 10.2. The number of amides is 1. The van der Waals surface area contributed by atoms with Crippen molar-refractivity contribution in [1.29, 1.82) is 5.41 Å². The molecule has 5 N–H and O–H groups in total. The second-order valence-electron chi connectivity index (χ2n) is 7.07. The van der Waals surface area contributed by atoms with Gasteiger partial charge in [-0.25, -0.2) is 19.3 Å². The van der Waals surface area contributed by atoms with Crippen molar-refractivity contribution >= 4 is 28.8 Å². The maximum Gasteiger partial charge on any atom is 0.255 e. The summed E-state index contributed by atoms with van der Waals surface area (Å²) >= 11 is 0. The van der Waals surface area contributed by atoms with Crippen molar-refractivity contribution in [3.05, 3.63) is 108 Å². The Labute approximate surface area is 194 Å². The summed E-state index contributed by atoms with van der Waals surface area (Å²) in [5, 5.41) is 14.1. The van der Waals surface area contributed by atoms with Gasteiger partial charge >= 0.3 is 0 Å². The third kappa shape index (κ3) is 5.30. The van der Waals surface area contributed by atoms with Crippen LogP contribution in [0.15, 0.2) is 83.7 Å². The standard InChI is InChI=1S/C24H20FN7O2/c25-17-9-5-4-8-16(17)13-29-19(24-28-10-11-34-24)12-18(26)22-30-14-20(21(27)32-22)31-23(33)15-6-2-1-3-7-15/h1-12,14,26,29H,13H2,(H,31,33)(H2,27,30,32)/b19-12-,26-18?. The maximum absolute atomic E-state index is 14.0. The summed E-state index contributed by atoms with van der Waals surface area (Å²) in [5.41, 5.74) is 7.34. The third-order valence-corrected chi connectivity index (χ3v) is 4.72. The Bertz CT molecular complexity index is 1340. The molecule has 170 valence electrons. The van der Waals surface area contributed by atoms with E-state index in [0.29, 0.717) is 16.8 Å². The van der Waals surface area contributed by atoms with Crippen LogP contribution in [-0.2, 0) is 6.54 Å². The van der Waals surface area contributed by atoms with Crippen molar-refractivity contribution in [3.8, 4) is 0 Å². The second-order valence-corrected chi connectivity index (χ2v) is 7.07. The topological polar surface area (TPSA) is 143 Å². The van der Waals surface area contributed by atoms with Crippen LogP contribution in [-0.4, -0.2) is 26.6 Å². The van der Waals surface area contributed by atoms with Gasteiger partial charge in [0.15, 0.2) is 11.6 Å². The molecule has 34 heavy (non-hydrogen) atoms. The zero-order chi connectivity index (χ0) is 23.9. The van der Waals surface area contributed by atoms with Gasteiger partial charge in [-0.1, -0.05) is 36.4 Å². The molecule has 0 saturated carbocycles. The molecule has 0 atom stereocenters. The summed E-state index contributed by atoms with van der Waals surface area (Å²) in [6.07, 6.45) is 5.58. The average molecular weight is 457 g/mol. The van der Waals surface area contributed by atoms with E-state index >= 15 is 0 Å². The van der Waals surface area contributed by atoms with Gasteiger partial charge in [0.05, 0.1) is 12.4 Å². The van der Waals surface area contributed by atoms with E-state index in [9.17, 15) is 9.18 Å². The average Bonchev–Trinajstić information content (AvgIpc) is 3.39. The molecule has 0 radical (unpaired) electrons. The van der Waals surface area contributed by atoms with Crippen molar-refractivity contribution < 1.29 is 13.6 Å². The van der Waals surface area contributed by atoms with Crippen LogP contribution >= 0.6 is 0 Å². The number of allylic oxidation sites excluding steroid dienone is 1. The number of nitrogen functional groups attached to an aromatic ring is 1. The number of nitrogens with zero attached hydrogens (tertiary/aromatic N) is 3. The number of nitrogens with two attached hydrogens (primary N) is 1. The van der Waals surface area contributed by atoms with Gasteiger partial charge in [0.25, 0.3) is 5.91 Å². The van der Waals surface area contributed by atoms with Gasteiger partial charge in [0.2, 0.25) is 5.89 Å². The highest BCUT2D eigenvalue weighted by Crippen LogP contribution is 2.17. The summed E-state index contributed by atoms with van der Waals surface area (Å²) in [4.78, 5) is 24.7. The van der Waals surface area contributed by atoms with Gasteiger partial charge in [-0.3, -0.25) is 10.2 Å². The van der Waals surface area contributed by atoms with E-state index in [2.05, 4.69) is 25.6 Å². The monoisotopic (exact) mass is 457 g/mol. The minimum atomic E-state index is -0.360. The zero-order valence-electron chi connectivity index (χ0n) is 17.8. The number of aromatic nitrogens is 3. The van der Waals surface area contributed by atoms with Crippen molar-refractivity contribution in [2.24, 2.45) is 0 Å². The molecule has 0 fully saturated rings.